The van der Waals surface area contributed by atoms with E-state index in [1.807, 2.05) is 13.8 Å². The second-order valence-corrected chi connectivity index (χ2v) is 12.7. The van der Waals surface area contributed by atoms with E-state index < -0.39 is 29.3 Å². The Morgan fingerprint density at radius 2 is 1.57 bits per heavy atom. The van der Waals surface area contributed by atoms with Crippen molar-refractivity contribution in [2.75, 3.05) is 18.4 Å². The number of ether oxygens (including phenoxy) is 1. The van der Waals surface area contributed by atoms with Crippen LogP contribution < -0.4 is 27.0 Å². The van der Waals surface area contributed by atoms with E-state index in [0.29, 0.717) is 12.1 Å². The van der Waals surface area contributed by atoms with Crippen LogP contribution in [-0.4, -0.2) is 60.6 Å². The molecule has 0 aromatic heterocycles. The number of urea groups is 1. The van der Waals surface area contributed by atoms with Crippen LogP contribution in [0.4, 0.5) is 10.5 Å². The standard InChI is InChI=1S/C32H51N5O7/c1-20(2)28(37-27(40)15-14-25(38)18-35-21(3)4)26(39)17-23(9-8-16-34-31(33)43)29(41)36-24-12-10-22(11-13-24)19-44-30(42)32(5,6)7/h10-13,20-21,23,28,35H,8-9,14-19H2,1-7H3,(H,36,41)(H,37,40)(H3,33,34,43)/t23-,28+/m0/s1. The second-order valence-electron chi connectivity index (χ2n) is 12.7. The molecule has 246 valence electrons. The molecule has 0 bridgehead atoms. The lowest BCUT2D eigenvalue weighted by Crippen LogP contribution is -2.45. The first-order valence-electron chi connectivity index (χ1n) is 15.2. The number of hydrogen-bond donors (Lipinski definition) is 5. The van der Waals surface area contributed by atoms with Crippen molar-refractivity contribution < 1.29 is 33.5 Å². The van der Waals surface area contributed by atoms with Gasteiger partial charge in [-0.2, -0.15) is 0 Å². The van der Waals surface area contributed by atoms with Crippen molar-refractivity contribution >= 4 is 41.1 Å². The van der Waals surface area contributed by atoms with Crippen LogP contribution in [0, 0.1) is 17.3 Å². The zero-order valence-electron chi connectivity index (χ0n) is 27.2. The topological polar surface area (TPSA) is 186 Å². The monoisotopic (exact) mass is 617 g/mol. The molecule has 0 spiro atoms. The van der Waals surface area contributed by atoms with Gasteiger partial charge in [-0.1, -0.05) is 39.8 Å². The first-order chi connectivity index (χ1) is 20.5. The molecule has 1 rings (SSSR count). The lowest BCUT2D eigenvalue weighted by molar-refractivity contribution is -0.154. The van der Waals surface area contributed by atoms with Gasteiger partial charge in [0, 0.05) is 43.5 Å². The van der Waals surface area contributed by atoms with Crippen molar-refractivity contribution in [2.24, 2.45) is 23.0 Å². The molecule has 44 heavy (non-hydrogen) atoms. The number of Topliss-reactive ketones (excluding diaryl/α,β-unsaturated/α-hetero) is 2. The Bertz CT molecular complexity index is 1130. The average Bonchev–Trinajstić information content (AvgIpc) is 2.93. The maximum Gasteiger partial charge on any atom is 0.312 e. The van der Waals surface area contributed by atoms with Crippen LogP contribution >= 0.6 is 0 Å². The van der Waals surface area contributed by atoms with Gasteiger partial charge in [-0.15, -0.1) is 0 Å². The highest BCUT2D eigenvalue weighted by atomic mass is 16.5. The molecular formula is C32H51N5O7. The van der Waals surface area contributed by atoms with Crippen LogP contribution in [0.2, 0.25) is 0 Å². The zero-order chi connectivity index (χ0) is 33.4. The third kappa shape index (κ3) is 15.6. The van der Waals surface area contributed by atoms with Crippen molar-refractivity contribution in [3.63, 3.8) is 0 Å². The summed E-state index contributed by atoms with van der Waals surface area (Å²) < 4.78 is 5.33. The number of carbonyl (C=O) groups is 6. The van der Waals surface area contributed by atoms with Gasteiger partial charge < -0.3 is 31.7 Å². The number of benzene rings is 1. The van der Waals surface area contributed by atoms with Crippen LogP contribution in [-0.2, 0) is 35.3 Å². The summed E-state index contributed by atoms with van der Waals surface area (Å²) in [6.07, 6.45) is 0.569. The number of esters is 1. The van der Waals surface area contributed by atoms with Crippen LogP contribution in [0.5, 0.6) is 0 Å². The first kappa shape index (κ1) is 38.2. The van der Waals surface area contributed by atoms with E-state index in [0.717, 1.165) is 5.56 Å². The van der Waals surface area contributed by atoms with Gasteiger partial charge in [0.05, 0.1) is 18.0 Å². The minimum absolute atomic E-state index is 0.0385. The third-order valence-corrected chi connectivity index (χ3v) is 6.72. The maximum atomic E-state index is 13.4. The van der Waals surface area contributed by atoms with E-state index in [2.05, 4.69) is 21.3 Å². The Morgan fingerprint density at radius 1 is 0.932 bits per heavy atom. The van der Waals surface area contributed by atoms with Crippen molar-refractivity contribution in [1.82, 2.24) is 16.0 Å². The first-order valence-corrected chi connectivity index (χ1v) is 15.2. The third-order valence-electron chi connectivity index (χ3n) is 6.72. The Kier molecular flexibility index (Phi) is 16.3. The zero-order valence-corrected chi connectivity index (χ0v) is 27.2. The highest BCUT2D eigenvalue weighted by Crippen LogP contribution is 2.20. The van der Waals surface area contributed by atoms with Crippen molar-refractivity contribution in [1.29, 1.82) is 0 Å². The SMILES string of the molecule is CC(C)NCC(=O)CCC(=O)N[C@@H](C(=O)C[C@H](CCCNC(N)=O)C(=O)Nc1ccc(COC(=O)C(C)(C)C)cc1)C(C)C. The molecule has 0 saturated heterocycles. The molecule has 2 atom stereocenters. The molecule has 12 nitrogen and oxygen atoms in total. The van der Waals surface area contributed by atoms with Crippen molar-refractivity contribution in [3.8, 4) is 0 Å². The van der Waals surface area contributed by atoms with Gasteiger partial charge in [-0.05, 0) is 57.2 Å². The Balaban J connectivity index is 2.88. The normalized spacial score (nSPS) is 12.8. The van der Waals surface area contributed by atoms with Crippen LogP contribution in [0.3, 0.4) is 0 Å². The molecule has 0 aliphatic carbocycles. The number of ketones is 2. The Morgan fingerprint density at radius 3 is 2.11 bits per heavy atom. The number of primary amides is 1. The van der Waals surface area contributed by atoms with E-state index >= 15 is 0 Å². The van der Waals surface area contributed by atoms with Crippen molar-refractivity contribution in [3.05, 3.63) is 29.8 Å². The minimum Gasteiger partial charge on any atom is -0.460 e. The summed E-state index contributed by atoms with van der Waals surface area (Å²) in [5.74, 6) is -2.51. The van der Waals surface area contributed by atoms with Gasteiger partial charge in [0.15, 0.2) is 5.78 Å². The van der Waals surface area contributed by atoms with E-state index in [1.54, 1.807) is 58.9 Å². The second kappa shape index (κ2) is 18.8. The molecule has 1 aromatic rings. The summed E-state index contributed by atoms with van der Waals surface area (Å²) in [5, 5.41) is 11.1. The van der Waals surface area contributed by atoms with E-state index in [1.165, 1.54) is 0 Å². The highest BCUT2D eigenvalue weighted by Gasteiger charge is 2.29. The van der Waals surface area contributed by atoms with Crippen LogP contribution in [0.25, 0.3) is 0 Å². The molecule has 0 saturated carbocycles. The van der Waals surface area contributed by atoms with Gasteiger partial charge >= 0.3 is 12.0 Å². The number of hydrogen-bond acceptors (Lipinski definition) is 8. The number of amides is 4. The van der Waals surface area contributed by atoms with Crippen molar-refractivity contribution in [2.45, 2.75) is 99.3 Å². The molecule has 0 radical (unpaired) electrons. The fraction of sp³-hybridized carbons (Fsp3) is 0.625. The minimum atomic E-state index is -0.833. The average molecular weight is 618 g/mol. The summed E-state index contributed by atoms with van der Waals surface area (Å²) in [6.45, 7) is 13.3. The molecule has 4 amide bonds. The highest BCUT2D eigenvalue weighted by molar-refractivity contribution is 5.97. The lowest BCUT2D eigenvalue weighted by Gasteiger charge is -2.24. The predicted octanol–water partition coefficient (Wildman–Crippen LogP) is 3.23. The Labute approximate surface area is 261 Å². The summed E-state index contributed by atoms with van der Waals surface area (Å²) in [6, 6.07) is 5.46. The van der Waals surface area contributed by atoms with Crippen LogP contribution in [0.15, 0.2) is 24.3 Å². The summed E-state index contributed by atoms with van der Waals surface area (Å²) in [5.41, 5.74) is 5.77. The summed E-state index contributed by atoms with van der Waals surface area (Å²) in [7, 11) is 0. The molecule has 12 heteroatoms. The maximum absolute atomic E-state index is 13.4. The molecule has 0 unspecified atom stereocenters. The smallest absolute Gasteiger partial charge is 0.312 e. The summed E-state index contributed by atoms with van der Waals surface area (Å²) in [4.78, 5) is 74.5. The molecule has 0 aliphatic heterocycles. The lowest BCUT2D eigenvalue weighted by atomic mass is 9.89. The number of anilines is 1. The molecule has 0 aliphatic rings. The molecular weight excluding hydrogens is 566 g/mol. The van der Waals surface area contributed by atoms with E-state index in [9.17, 15) is 28.8 Å². The molecule has 0 heterocycles. The van der Waals surface area contributed by atoms with E-state index in [4.69, 9.17) is 10.5 Å². The Hall–Kier alpha value is -3.80. The molecule has 1 aromatic carbocycles. The van der Waals surface area contributed by atoms with Gasteiger partial charge in [-0.3, -0.25) is 24.0 Å². The predicted molar refractivity (Wildman–Crippen MR) is 168 cm³/mol. The van der Waals surface area contributed by atoms with Crippen LogP contribution in [0.1, 0.15) is 86.1 Å². The van der Waals surface area contributed by atoms with E-state index in [-0.39, 0.29) is 80.8 Å². The summed E-state index contributed by atoms with van der Waals surface area (Å²) >= 11 is 0. The number of rotatable bonds is 19. The largest absolute Gasteiger partial charge is 0.460 e. The number of nitrogens with two attached hydrogens (primary N) is 1. The van der Waals surface area contributed by atoms with Gasteiger partial charge in [0.1, 0.15) is 12.4 Å². The fourth-order valence-electron chi connectivity index (χ4n) is 4.07. The molecule has 6 N–H and O–H groups in total. The number of nitrogens with one attached hydrogen (secondary N) is 4. The van der Waals surface area contributed by atoms with Gasteiger partial charge in [0.2, 0.25) is 11.8 Å². The number of carbonyl (C=O) groups excluding carboxylic acids is 6. The van der Waals surface area contributed by atoms with Gasteiger partial charge in [0.25, 0.3) is 0 Å². The quantitative estimate of drug-likeness (QED) is 0.116. The fourth-order valence-corrected chi connectivity index (χ4v) is 4.07. The molecule has 0 fully saturated rings. The van der Waals surface area contributed by atoms with Gasteiger partial charge in [-0.25, -0.2) is 4.79 Å².